The molecule has 0 aromatic carbocycles. The molecule has 16 N–H and O–H groups in total. The van der Waals surface area contributed by atoms with Gasteiger partial charge in [0.2, 0.25) is 0 Å². The highest BCUT2D eigenvalue weighted by molar-refractivity contribution is 5.89. The summed E-state index contributed by atoms with van der Waals surface area (Å²) in [5, 5.41) is 22.0. The van der Waals surface area contributed by atoms with Crippen LogP contribution in [0.1, 0.15) is 0 Å². The molecule has 138 valence electrons. The number of nitrogens with two attached hydrogens (primary N) is 2. The summed E-state index contributed by atoms with van der Waals surface area (Å²) in [6.07, 6.45) is 1.12. The molecule has 22 heavy (non-hydrogen) atoms. The average Bonchev–Trinajstić information content (AvgIpc) is 2.32. The standard InChI is InChI=1S/C6H18N4.C4H4O4.4H2O/c7-1-3-9-5-6-10-4-2-8;5-3(6)1-2-4(7)8;;;;/h9-10H,1-8H2;1-2H,(H,5,6)(H,7,8);4*1H2/b;2-1+;;;;. The Bertz CT molecular complexity index is 229. The molecule has 0 unspecified atom stereocenters. The number of aliphatic carboxylic acids is 2. The zero-order valence-corrected chi connectivity index (χ0v) is 12.3. The topological polar surface area (TPSA) is 277 Å². The first kappa shape index (κ1) is 37.0. The third kappa shape index (κ3) is 51.6. The van der Waals surface area contributed by atoms with Gasteiger partial charge in [-0.3, -0.25) is 0 Å². The first-order chi connectivity index (χ1) is 8.54. The highest BCUT2D eigenvalue weighted by Crippen LogP contribution is 1.70. The number of hydrogen-bond acceptors (Lipinski definition) is 6. The van der Waals surface area contributed by atoms with Crippen LogP contribution >= 0.6 is 0 Å². The summed E-state index contributed by atoms with van der Waals surface area (Å²) in [6, 6.07) is 0. The van der Waals surface area contributed by atoms with Crippen LogP contribution in [0.5, 0.6) is 0 Å². The largest absolute Gasteiger partial charge is 0.478 e. The molecule has 0 atom stereocenters. The van der Waals surface area contributed by atoms with E-state index in [1.165, 1.54) is 0 Å². The number of hydrogen-bond donors (Lipinski definition) is 6. The molecule has 0 heterocycles. The Morgan fingerprint density at radius 3 is 1.18 bits per heavy atom. The lowest BCUT2D eigenvalue weighted by Gasteiger charge is -2.03. The molecule has 0 fully saturated rings. The van der Waals surface area contributed by atoms with E-state index in [0.29, 0.717) is 25.2 Å². The minimum atomic E-state index is -1.26. The monoisotopic (exact) mass is 334 g/mol. The zero-order valence-electron chi connectivity index (χ0n) is 12.3. The molecule has 0 aliphatic rings. The van der Waals surface area contributed by atoms with Crippen LogP contribution in [0.4, 0.5) is 0 Å². The van der Waals surface area contributed by atoms with Crippen molar-refractivity contribution in [2.45, 2.75) is 0 Å². The van der Waals surface area contributed by atoms with Gasteiger partial charge in [-0.1, -0.05) is 0 Å². The minimum absolute atomic E-state index is 0. The van der Waals surface area contributed by atoms with Crippen LogP contribution in [-0.4, -0.2) is 83.3 Å². The minimum Gasteiger partial charge on any atom is -0.478 e. The maximum Gasteiger partial charge on any atom is 0.328 e. The first-order valence-corrected chi connectivity index (χ1v) is 5.50. The Morgan fingerprint density at radius 2 is 1.00 bits per heavy atom. The second kappa shape index (κ2) is 31.6. The van der Waals surface area contributed by atoms with Crippen LogP contribution < -0.4 is 22.1 Å². The number of nitrogens with one attached hydrogen (secondary N) is 2. The van der Waals surface area contributed by atoms with E-state index in [1.54, 1.807) is 0 Å². The summed E-state index contributed by atoms with van der Waals surface area (Å²) in [7, 11) is 0. The Kier molecular flexibility index (Phi) is 53.2. The van der Waals surface area contributed by atoms with Gasteiger partial charge in [-0.2, -0.15) is 0 Å². The van der Waals surface area contributed by atoms with Gasteiger partial charge >= 0.3 is 11.9 Å². The molecule has 0 amide bonds. The molecule has 0 aromatic rings. The second-order valence-electron chi connectivity index (χ2n) is 3.09. The Labute approximate surface area is 128 Å². The van der Waals surface area contributed by atoms with E-state index in [9.17, 15) is 9.59 Å². The predicted octanol–water partition coefficient (Wildman–Crippen LogP) is -5.50. The molecule has 0 radical (unpaired) electrons. The van der Waals surface area contributed by atoms with Crippen molar-refractivity contribution in [2.24, 2.45) is 11.5 Å². The zero-order chi connectivity index (χ0) is 14.2. The molecule has 0 aromatic heterocycles. The van der Waals surface area contributed by atoms with E-state index >= 15 is 0 Å². The molecule has 0 spiro atoms. The molecule has 0 saturated carbocycles. The summed E-state index contributed by atoms with van der Waals surface area (Å²) in [5.41, 5.74) is 10.5. The summed E-state index contributed by atoms with van der Waals surface area (Å²) >= 11 is 0. The Hall–Kier alpha value is -1.64. The molecule has 0 rings (SSSR count). The lowest BCUT2D eigenvalue weighted by atomic mass is 10.5. The first-order valence-electron chi connectivity index (χ1n) is 5.50. The third-order valence-electron chi connectivity index (χ3n) is 1.49. The van der Waals surface area contributed by atoms with Gasteiger partial charge in [0.25, 0.3) is 0 Å². The van der Waals surface area contributed by atoms with Gasteiger partial charge in [0.05, 0.1) is 0 Å². The molecule has 0 bridgehead atoms. The van der Waals surface area contributed by atoms with Gasteiger partial charge in [-0.15, -0.1) is 0 Å². The molecule has 0 aliphatic heterocycles. The summed E-state index contributed by atoms with van der Waals surface area (Å²) in [4.78, 5) is 19.1. The van der Waals surface area contributed by atoms with Gasteiger partial charge in [0.15, 0.2) is 0 Å². The summed E-state index contributed by atoms with van der Waals surface area (Å²) in [5.74, 6) is -2.51. The predicted molar refractivity (Wildman–Crippen MR) is 82.7 cm³/mol. The van der Waals surface area contributed by atoms with Crippen LogP contribution in [0, 0.1) is 0 Å². The van der Waals surface area contributed by atoms with Crippen LogP contribution in [0.15, 0.2) is 12.2 Å². The highest BCUT2D eigenvalue weighted by atomic mass is 16.4. The fourth-order valence-corrected chi connectivity index (χ4v) is 0.773. The lowest BCUT2D eigenvalue weighted by Crippen LogP contribution is -2.32. The fourth-order valence-electron chi connectivity index (χ4n) is 0.773. The highest BCUT2D eigenvalue weighted by Gasteiger charge is 1.88. The Morgan fingerprint density at radius 1 is 0.727 bits per heavy atom. The van der Waals surface area contributed by atoms with Crippen molar-refractivity contribution in [3.8, 4) is 0 Å². The van der Waals surface area contributed by atoms with Crippen molar-refractivity contribution in [3.05, 3.63) is 12.2 Å². The van der Waals surface area contributed by atoms with Gasteiger partial charge in [0, 0.05) is 51.4 Å². The number of rotatable bonds is 9. The van der Waals surface area contributed by atoms with Crippen LogP contribution in [0.3, 0.4) is 0 Å². The van der Waals surface area contributed by atoms with Crippen molar-refractivity contribution < 1.29 is 41.7 Å². The quantitative estimate of drug-likeness (QED) is 0.174. The molecule has 0 aliphatic carbocycles. The fraction of sp³-hybridized carbons (Fsp3) is 0.600. The van der Waals surface area contributed by atoms with E-state index < -0.39 is 11.9 Å². The second-order valence-corrected chi connectivity index (χ2v) is 3.09. The number of carbonyl (C=O) groups is 2. The summed E-state index contributed by atoms with van der Waals surface area (Å²) in [6.45, 7) is 5.14. The van der Waals surface area contributed by atoms with Gasteiger partial charge in [-0.05, 0) is 0 Å². The average molecular weight is 334 g/mol. The van der Waals surface area contributed by atoms with Crippen LogP contribution in [0.25, 0.3) is 0 Å². The normalized spacial score (nSPS) is 8.09. The third-order valence-corrected chi connectivity index (χ3v) is 1.49. The molecular formula is C10H30N4O8. The van der Waals surface area contributed by atoms with Gasteiger partial charge < -0.3 is 54.2 Å². The van der Waals surface area contributed by atoms with E-state index in [0.717, 1.165) is 26.2 Å². The molecule has 12 nitrogen and oxygen atoms in total. The smallest absolute Gasteiger partial charge is 0.328 e. The van der Waals surface area contributed by atoms with E-state index in [2.05, 4.69) is 10.6 Å². The van der Waals surface area contributed by atoms with Crippen molar-refractivity contribution in [3.63, 3.8) is 0 Å². The van der Waals surface area contributed by atoms with Crippen LogP contribution in [0.2, 0.25) is 0 Å². The number of carboxylic acids is 2. The van der Waals surface area contributed by atoms with Crippen LogP contribution in [-0.2, 0) is 9.59 Å². The van der Waals surface area contributed by atoms with Crippen molar-refractivity contribution in [2.75, 3.05) is 39.3 Å². The van der Waals surface area contributed by atoms with Crippen molar-refractivity contribution in [1.29, 1.82) is 0 Å². The maximum absolute atomic E-state index is 9.55. The maximum atomic E-state index is 9.55. The summed E-state index contributed by atoms with van der Waals surface area (Å²) < 4.78 is 0. The van der Waals surface area contributed by atoms with Crippen molar-refractivity contribution in [1.82, 2.24) is 10.6 Å². The molecular weight excluding hydrogens is 304 g/mol. The molecule has 0 saturated heterocycles. The van der Waals surface area contributed by atoms with Crippen molar-refractivity contribution >= 4 is 11.9 Å². The van der Waals surface area contributed by atoms with E-state index in [-0.39, 0.29) is 21.9 Å². The van der Waals surface area contributed by atoms with Gasteiger partial charge in [0.1, 0.15) is 0 Å². The Balaban J connectivity index is -0.0000000500. The molecule has 12 heteroatoms. The van der Waals surface area contributed by atoms with Gasteiger partial charge in [-0.25, -0.2) is 9.59 Å². The lowest BCUT2D eigenvalue weighted by molar-refractivity contribution is -0.134. The number of carboxylic acid groups (broad SMARTS) is 2. The van der Waals surface area contributed by atoms with E-state index in [1.807, 2.05) is 0 Å². The SMILES string of the molecule is NCCNCCNCCN.O.O.O.O.O=C(O)/C=C/C(=O)O. The van der Waals surface area contributed by atoms with E-state index in [4.69, 9.17) is 21.7 Å².